The van der Waals surface area contributed by atoms with Gasteiger partial charge in [-0.25, -0.2) is 0 Å². The minimum atomic E-state index is -0.442. The van der Waals surface area contributed by atoms with Crippen molar-refractivity contribution in [2.75, 3.05) is 28.4 Å². The van der Waals surface area contributed by atoms with E-state index in [4.69, 9.17) is 19.9 Å². The number of ether oxygens (including phenoxy) is 3. The molecule has 0 radical (unpaired) electrons. The van der Waals surface area contributed by atoms with Gasteiger partial charge in [0.25, 0.3) is 0 Å². The van der Waals surface area contributed by atoms with Gasteiger partial charge < -0.3 is 30.6 Å². The van der Waals surface area contributed by atoms with E-state index in [1.54, 1.807) is 40.5 Å². The molecular weight excluding hydrogens is 360 g/mol. The fraction of sp³-hybridized carbons (Fsp3) is 0.300. The van der Waals surface area contributed by atoms with Crippen molar-refractivity contribution in [3.63, 3.8) is 0 Å². The second kappa shape index (κ2) is 10.1. The number of benzene rings is 2. The van der Waals surface area contributed by atoms with Crippen molar-refractivity contribution in [2.24, 2.45) is 10.7 Å². The maximum Gasteiger partial charge on any atom is 0.248 e. The first-order valence-electron chi connectivity index (χ1n) is 8.64. The summed E-state index contributed by atoms with van der Waals surface area (Å²) < 4.78 is 16.1. The van der Waals surface area contributed by atoms with Crippen LogP contribution in [0.3, 0.4) is 0 Å². The Morgan fingerprint density at radius 2 is 1.46 bits per heavy atom. The number of amides is 1. The van der Waals surface area contributed by atoms with Gasteiger partial charge in [0.15, 0.2) is 17.5 Å². The first-order valence-corrected chi connectivity index (χ1v) is 8.64. The number of methoxy groups -OCH3 is 3. The predicted molar refractivity (Wildman–Crippen MR) is 108 cm³/mol. The van der Waals surface area contributed by atoms with Crippen LogP contribution < -0.4 is 30.6 Å². The molecule has 8 heteroatoms. The number of carbonyl (C=O) groups excluding carboxylic acids is 1. The van der Waals surface area contributed by atoms with Gasteiger partial charge in [-0.05, 0) is 35.4 Å². The summed E-state index contributed by atoms with van der Waals surface area (Å²) in [5, 5.41) is 6.46. The number of aliphatic imine (C=N–C) groups is 1. The quantitative estimate of drug-likeness (QED) is 0.471. The number of nitrogens with one attached hydrogen (secondary N) is 2. The van der Waals surface area contributed by atoms with Crippen LogP contribution in [0.2, 0.25) is 0 Å². The molecule has 0 atom stereocenters. The lowest BCUT2D eigenvalue weighted by atomic mass is 10.1. The Kier molecular flexibility index (Phi) is 7.50. The highest BCUT2D eigenvalue weighted by Crippen LogP contribution is 2.38. The van der Waals surface area contributed by atoms with Gasteiger partial charge in [-0.3, -0.25) is 9.79 Å². The second-order valence-corrected chi connectivity index (χ2v) is 5.87. The second-order valence-electron chi connectivity index (χ2n) is 5.87. The molecule has 8 nitrogen and oxygen atoms in total. The van der Waals surface area contributed by atoms with Crippen LogP contribution in [0.25, 0.3) is 0 Å². The van der Waals surface area contributed by atoms with Gasteiger partial charge in [0.1, 0.15) is 0 Å². The van der Waals surface area contributed by atoms with Crippen LogP contribution in [-0.4, -0.2) is 40.2 Å². The SMILES string of the molecule is CN=C(NCc1ccc(C(N)=O)cc1)NCc1cc(OC)c(OC)c(OC)c1. The molecule has 2 rings (SSSR count). The van der Waals surface area contributed by atoms with E-state index in [0.29, 0.717) is 41.9 Å². The third-order valence-electron chi connectivity index (χ3n) is 4.11. The molecular formula is C20H26N4O4. The monoisotopic (exact) mass is 386 g/mol. The van der Waals surface area contributed by atoms with Gasteiger partial charge >= 0.3 is 0 Å². The van der Waals surface area contributed by atoms with Crippen molar-refractivity contribution in [3.8, 4) is 17.2 Å². The minimum Gasteiger partial charge on any atom is -0.493 e. The normalized spacial score (nSPS) is 10.9. The van der Waals surface area contributed by atoms with E-state index in [9.17, 15) is 4.79 Å². The number of hydrogen-bond acceptors (Lipinski definition) is 5. The summed E-state index contributed by atoms with van der Waals surface area (Å²) in [6.07, 6.45) is 0. The molecule has 28 heavy (non-hydrogen) atoms. The molecule has 4 N–H and O–H groups in total. The van der Waals surface area contributed by atoms with Gasteiger partial charge in [0.2, 0.25) is 11.7 Å². The van der Waals surface area contributed by atoms with E-state index in [0.717, 1.165) is 11.1 Å². The van der Waals surface area contributed by atoms with E-state index in [-0.39, 0.29) is 0 Å². The molecule has 0 aliphatic carbocycles. The highest BCUT2D eigenvalue weighted by Gasteiger charge is 2.13. The molecule has 2 aromatic carbocycles. The van der Waals surface area contributed by atoms with E-state index in [2.05, 4.69) is 15.6 Å². The van der Waals surface area contributed by atoms with Crippen molar-refractivity contribution < 1.29 is 19.0 Å². The van der Waals surface area contributed by atoms with Gasteiger partial charge in [0, 0.05) is 25.7 Å². The highest BCUT2D eigenvalue weighted by molar-refractivity contribution is 5.92. The number of carbonyl (C=O) groups is 1. The van der Waals surface area contributed by atoms with Crippen molar-refractivity contribution in [1.82, 2.24) is 10.6 Å². The maximum atomic E-state index is 11.1. The predicted octanol–water partition coefficient (Wildman–Crippen LogP) is 1.68. The van der Waals surface area contributed by atoms with E-state index < -0.39 is 5.91 Å². The Bertz CT molecular complexity index is 810. The van der Waals surface area contributed by atoms with Gasteiger partial charge in [-0.15, -0.1) is 0 Å². The summed E-state index contributed by atoms with van der Waals surface area (Å²) in [7, 11) is 6.43. The van der Waals surface area contributed by atoms with Crippen LogP contribution in [-0.2, 0) is 13.1 Å². The zero-order valence-electron chi connectivity index (χ0n) is 16.5. The average Bonchev–Trinajstić information content (AvgIpc) is 2.73. The molecule has 0 saturated carbocycles. The number of guanidine groups is 1. The molecule has 0 aliphatic rings. The number of nitrogens with two attached hydrogens (primary N) is 1. The summed E-state index contributed by atoms with van der Waals surface area (Å²) in [6.45, 7) is 1.06. The fourth-order valence-corrected chi connectivity index (χ4v) is 2.62. The van der Waals surface area contributed by atoms with Gasteiger partial charge in [-0.1, -0.05) is 12.1 Å². The summed E-state index contributed by atoms with van der Waals surface area (Å²) in [4.78, 5) is 15.3. The summed E-state index contributed by atoms with van der Waals surface area (Å²) >= 11 is 0. The topological polar surface area (TPSA) is 107 Å². The molecule has 0 aromatic heterocycles. The Hall–Kier alpha value is -3.42. The van der Waals surface area contributed by atoms with Gasteiger partial charge in [0.05, 0.1) is 21.3 Å². The lowest BCUT2D eigenvalue weighted by molar-refractivity contribution is 0.100. The van der Waals surface area contributed by atoms with Crippen LogP contribution in [0.5, 0.6) is 17.2 Å². The van der Waals surface area contributed by atoms with Crippen LogP contribution in [0, 0.1) is 0 Å². The number of rotatable bonds is 8. The standard InChI is InChI=1S/C20H26N4O4/c1-22-20(23-11-13-5-7-15(8-6-13)19(21)25)24-12-14-9-16(26-2)18(28-4)17(10-14)27-3/h5-10H,11-12H2,1-4H3,(H2,21,25)(H2,22,23,24). The first kappa shape index (κ1) is 20.9. The van der Waals surface area contributed by atoms with Crippen LogP contribution in [0.15, 0.2) is 41.4 Å². The lowest BCUT2D eigenvalue weighted by Crippen LogP contribution is -2.36. The van der Waals surface area contributed by atoms with Crippen LogP contribution in [0.1, 0.15) is 21.5 Å². The van der Waals surface area contributed by atoms with Crippen molar-refractivity contribution >= 4 is 11.9 Å². The highest BCUT2D eigenvalue weighted by atomic mass is 16.5. The Balaban J connectivity index is 1.99. The molecule has 1 amide bonds. The van der Waals surface area contributed by atoms with Crippen molar-refractivity contribution in [1.29, 1.82) is 0 Å². The summed E-state index contributed by atoms with van der Waals surface area (Å²) in [6, 6.07) is 10.9. The Morgan fingerprint density at radius 3 is 1.89 bits per heavy atom. The molecule has 150 valence electrons. The fourth-order valence-electron chi connectivity index (χ4n) is 2.62. The zero-order valence-corrected chi connectivity index (χ0v) is 16.5. The van der Waals surface area contributed by atoms with Crippen LogP contribution in [0.4, 0.5) is 0 Å². The molecule has 0 saturated heterocycles. The molecule has 0 fully saturated rings. The average molecular weight is 386 g/mol. The third kappa shape index (κ3) is 5.29. The molecule has 0 bridgehead atoms. The van der Waals surface area contributed by atoms with Crippen molar-refractivity contribution in [2.45, 2.75) is 13.1 Å². The first-order chi connectivity index (χ1) is 13.5. The number of primary amides is 1. The minimum absolute atomic E-state index is 0.442. The largest absolute Gasteiger partial charge is 0.493 e. The Labute approximate surface area is 164 Å². The zero-order chi connectivity index (χ0) is 20.5. The van der Waals surface area contributed by atoms with Crippen LogP contribution >= 0.6 is 0 Å². The molecule has 0 aliphatic heterocycles. The van der Waals surface area contributed by atoms with E-state index >= 15 is 0 Å². The summed E-state index contributed by atoms with van der Waals surface area (Å²) in [5.41, 5.74) is 7.68. The van der Waals surface area contributed by atoms with Crippen molar-refractivity contribution in [3.05, 3.63) is 53.1 Å². The molecule has 2 aromatic rings. The van der Waals surface area contributed by atoms with E-state index in [1.807, 2.05) is 24.3 Å². The molecule has 0 heterocycles. The number of nitrogens with zero attached hydrogens (tertiary/aromatic N) is 1. The molecule has 0 spiro atoms. The number of hydrogen-bond donors (Lipinski definition) is 3. The maximum absolute atomic E-state index is 11.1. The van der Waals surface area contributed by atoms with Gasteiger partial charge in [-0.2, -0.15) is 0 Å². The molecule has 0 unspecified atom stereocenters. The lowest BCUT2D eigenvalue weighted by Gasteiger charge is -2.16. The van der Waals surface area contributed by atoms with E-state index in [1.165, 1.54) is 0 Å². The summed E-state index contributed by atoms with van der Waals surface area (Å²) in [5.74, 6) is 1.93. The Morgan fingerprint density at radius 1 is 0.929 bits per heavy atom. The third-order valence-corrected chi connectivity index (χ3v) is 4.11. The smallest absolute Gasteiger partial charge is 0.248 e.